The van der Waals surface area contributed by atoms with Crippen LogP contribution in [0, 0.1) is 0 Å². The first-order valence-electron chi connectivity index (χ1n) is 8.12. The second-order valence-corrected chi connectivity index (χ2v) is 7.51. The Morgan fingerprint density at radius 3 is 2.55 bits per heavy atom. The Hall–Kier alpha value is -3.34. The van der Waals surface area contributed by atoms with Gasteiger partial charge in [0.15, 0.2) is 11.6 Å². The maximum atomic E-state index is 12.7. The number of aromatic nitrogens is 3. The second kappa shape index (κ2) is 6.62. The fraction of sp³-hybridized carbons (Fsp3) is 0.111. The van der Waals surface area contributed by atoms with E-state index in [1.54, 1.807) is 36.4 Å². The smallest absolute Gasteiger partial charge is 0.497 e. The molecule has 2 aromatic carbocycles. The Morgan fingerprint density at radius 1 is 1.03 bits per heavy atom. The molecule has 29 heavy (non-hydrogen) atoms. The zero-order valence-corrected chi connectivity index (χ0v) is 15.5. The van der Waals surface area contributed by atoms with Crippen molar-refractivity contribution in [1.82, 2.24) is 15.0 Å². The summed E-state index contributed by atoms with van der Waals surface area (Å²) in [5.74, 6) is 0.440. The molecule has 0 aliphatic carbocycles. The quantitative estimate of drug-likeness (QED) is 0.394. The van der Waals surface area contributed by atoms with E-state index in [0.29, 0.717) is 33.7 Å². The van der Waals surface area contributed by atoms with E-state index in [0.717, 1.165) is 6.07 Å². The summed E-state index contributed by atoms with van der Waals surface area (Å²) in [6.07, 6.45) is 0. The lowest BCUT2D eigenvalue weighted by Gasteiger charge is -2.11. The average molecular weight is 423 g/mol. The van der Waals surface area contributed by atoms with Crippen LogP contribution in [-0.4, -0.2) is 36.0 Å². The van der Waals surface area contributed by atoms with Gasteiger partial charge in [-0.25, -0.2) is 9.97 Å². The highest BCUT2D eigenvalue weighted by molar-refractivity contribution is 7.88. The summed E-state index contributed by atoms with van der Waals surface area (Å²) in [7, 11) is -4.30. The number of halogens is 3. The predicted molar refractivity (Wildman–Crippen MR) is 99.0 cm³/mol. The van der Waals surface area contributed by atoms with Gasteiger partial charge in [-0.1, -0.05) is 18.2 Å². The number of alkyl halides is 3. The molecule has 0 aliphatic rings. The molecule has 0 bridgehead atoms. The summed E-state index contributed by atoms with van der Waals surface area (Å²) in [6, 6.07) is 12.4. The Labute approximate surface area is 162 Å². The van der Waals surface area contributed by atoms with Gasteiger partial charge in [0.1, 0.15) is 17.0 Å². The van der Waals surface area contributed by atoms with Gasteiger partial charge in [-0.15, -0.1) is 0 Å². The topological polar surface area (TPSA) is 94.2 Å². The third-order valence-electron chi connectivity index (χ3n) is 4.10. The molecule has 2 aromatic heterocycles. The minimum absolute atomic E-state index is 0.0455. The number of imidazole rings is 1. The van der Waals surface area contributed by atoms with E-state index >= 15 is 0 Å². The van der Waals surface area contributed by atoms with Gasteiger partial charge in [0.05, 0.1) is 18.1 Å². The van der Waals surface area contributed by atoms with Gasteiger partial charge >= 0.3 is 15.6 Å². The lowest BCUT2D eigenvalue weighted by atomic mass is 10.2. The Bertz CT molecular complexity index is 1330. The molecule has 1 N–H and O–H groups in total. The van der Waals surface area contributed by atoms with Gasteiger partial charge in [0.2, 0.25) is 0 Å². The van der Waals surface area contributed by atoms with E-state index in [1.165, 1.54) is 13.2 Å². The molecule has 0 saturated heterocycles. The van der Waals surface area contributed by atoms with Crippen LogP contribution >= 0.6 is 0 Å². The summed E-state index contributed by atoms with van der Waals surface area (Å²) < 4.78 is 70.3. The highest BCUT2D eigenvalue weighted by Crippen LogP contribution is 2.32. The highest BCUT2D eigenvalue weighted by atomic mass is 32.2. The van der Waals surface area contributed by atoms with E-state index in [4.69, 9.17) is 4.74 Å². The summed E-state index contributed by atoms with van der Waals surface area (Å²) in [5.41, 5.74) is -3.99. The molecule has 11 heteroatoms. The molecule has 4 aromatic rings. The van der Waals surface area contributed by atoms with E-state index in [1.807, 2.05) is 0 Å². The Balaban J connectivity index is 1.82. The fourth-order valence-corrected chi connectivity index (χ4v) is 3.19. The maximum Gasteiger partial charge on any atom is 0.534 e. The summed E-state index contributed by atoms with van der Waals surface area (Å²) in [4.78, 5) is 11.7. The molecule has 0 spiro atoms. The number of hydrogen-bond donors (Lipinski definition) is 1. The van der Waals surface area contributed by atoms with Gasteiger partial charge in [-0.05, 0) is 24.3 Å². The second-order valence-electron chi connectivity index (χ2n) is 5.98. The number of rotatable bonds is 4. The van der Waals surface area contributed by atoms with Crippen molar-refractivity contribution in [3.05, 3.63) is 48.5 Å². The van der Waals surface area contributed by atoms with Crippen LogP contribution < -0.4 is 8.92 Å². The van der Waals surface area contributed by atoms with Crippen LogP contribution in [0.3, 0.4) is 0 Å². The molecule has 2 heterocycles. The van der Waals surface area contributed by atoms with Gasteiger partial charge in [-0.3, -0.25) is 0 Å². The van der Waals surface area contributed by atoms with Gasteiger partial charge in [0.25, 0.3) is 0 Å². The van der Waals surface area contributed by atoms with Crippen molar-refractivity contribution in [2.75, 3.05) is 7.11 Å². The fourth-order valence-electron chi connectivity index (χ4n) is 2.72. The molecule has 0 aliphatic heterocycles. The average Bonchev–Trinajstić information content (AvgIpc) is 3.10. The number of benzene rings is 2. The van der Waals surface area contributed by atoms with Gasteiger partial charge < -0.3 is 13.9 Å². The molecule has 4 rings (SSSR count). The summed E-state index contributed by atoms with van der Waals surface area (Å²) >= 11 is 0. The zero-order chi connectivity index (χ0) is 20.8. The van der Waals surface area contributed by atoms with E-state index in [2.05, 4.69) is 19.1 Å². The monoisotopic (exact) mass is 423 g/mol. The third-order valence-corrected chi connectivity index (χ3v) is 5.06. The number of methoxy groups -OCH3 is 1. The molecule has 7 nitrogen and oxygen atoms in total. The highest BCUT2D eigenvalue weighted by Gasteiger charge is 2.48. The molecular formula is C18H12F3N3O4S. The normalized spacial score (nSPS) is 12.4. The van der Waals surface area contributed by atoms with Gasteiger partial charge in [-0.2, -0.15) is 21.6 Å². The van der Waals surface area contributed by atoms with E-state index < -0.39 is 21.4 Å². The first-order chi connectivity index (χ1) is 13.7. The molecule has 0 saturated carbocycles. The van der Waals surface area contributed by atoms with Crippen molar-refractivity contribution in [2.24, 2.45) is 0 Å². The Morgan fingerprint density at radius 2 is 1.83 bits per heavy atom. The Kier molecular flexibility index (Phi) is 4.34. The number of ether oxygens (including phenoxy) is 1. The third kappa shape index (κ3) is 3.44. The molecule has 150 valence electrons. The summed E-state index contributed by atoms with van der Waals surface area (Å²) in [6.45, 7) is 0. The van der Waals surface area contributed by atoms with Crippen molar-refractivity contribution in [3.63, 3.8) is 0 Å². The number of aromatic amines is 1. The number of H-pyrrole nitrogens is 1. The van der Waals surface area contributed by atoms with Gasteiger partial charge in [0, 0.05) is 11.5 Å². The number of hydrogen-bond acceptors (Lipinski definition) is 6. The van der Waals surface area contributed by atoms with Crippen molar-refractivity contribution in [2.45, 2.75) is 5.51 Å². The van der Waals surface area contributed by atoms with Crippen molar-refractivity contribution >= 4 is 32.1 Å². The number of pyridine rings is 1. The van der Waals surface area contributed by atoms with Crippen LogP contribution in [0.1, 0.15) is 0 Å². The lowest BCUT2D eigenvalue weighted by molar-refractivity contribution is -0.0499. The first kappa shape index (κ1) is 19.0. The number of fused-ring (bicyclic) bond motifs is 2. The van der Waals surface area contributed by atoms with Crippen LogP contribution in [0.15, 0.2) is 48.5 Å². The van der Waals surface area contributed by atoms with Crippen LogP contribution in [0.2, 0.25) is 0 Å². The van der Waals surface area contributed by atoms with Crippen LogP contribution in [-0.2, 0) is 10.1 Å². The lowest BCUT2D eigenvalue weighted by Crippen LogP contribution is -2.28. The maximum absolute atomic E-state index is 12.7. The minimum Gasteiger partial charge on any atom is -0.497 e. The van der Waals surface area contributed by atoms with Crippen molar-refractivity contribution < 1.29 is 30.5 Å². The zero-order valence-electron chi connectivity index (χ0n) is 14.7. The van der Waals surface area contributed by atoms with Crippen LogP contribution in [0.25, 0.3) is 33.5 Å². The molecule has 0 amide bonds. The largest absolute Gasteiger partial charge is 0.534 e. The number of para-hydroxylation sites is 1. The summed E-state index contributed by atoms with van der Waals surface area (Å²) in [5, 5.41) is 0.404. The van der Waals surface area contributed by atoms with Crippen molar-refractivity contribution in [3.8, 4) is 23.0 Å². The van der Waals surface area contributed by atoms with Crippen LogP contribution in [0.4, 0.5) is 13.2 Å². The standard InChI is InChI=1S/C18H12F3N3O4S/c1-27-11-6-8-12-14(9-11)24-17(23-12)13-7-5-10-3-2-4-15(16(10)22-13)28-29(25,26)18(19,20)21/h2-9H,1H3,(H,23,24). The number of nitrogens with zero attached hydrogens (tertiary/aromatic N) is 2. The number of nitrogens with one attached hydrogen (secondary N) is 1. The first-order valence-corrected chi connectivity index (χ1v) is 9.53. The van der Waals surface area contributed by atoms with E-state index in [9.17, 15) is 21.6 Å². The van der Waals surface area contributed by atoms with E-state index in [-0.39, 0.29) is 5.52 Å². The predicted octanol–water partition coefficient (Wildman–Crippen LogP) is 4.02. The SMILES string of the molecule is COc1ccc2nc(-c3ccc4cccc(OS(=O)(=O)C(F)(F)F)c4n3)[nH]c2c1. The molecule has 0 unspecified atom stereocenters. The molecule has 0 atom stereocenters. The van der Waals surface area contributed by atoms with Crippen molar-refractivity contribution in [1.29, 1.82) is 0 Å². The van der Waals surface area contributed by atoms with Crippen LogP contribution in [0.5, 0.6) is 11.5 Å². The molecule has 0 radical (unpaired) electrons. The minimum atomic E-state index is -5.83. The molecular weight excluding hydrogens is 411 g/mol. The molecule has 0 fully saturated rings.